The van der Waals surface area contributed by atoms with Crippen LogP contribution in [0.15, 0.2) is 83.5 Å². The van der Waals surface area contributed by atoms with Crippen LogP contribution in [0.3, 0.4) is 0 Å². The standard InChI is InChI=1S/C41H41ClN8O7/c1-24-6-5-8-28-32(57-41(55)48(17-15-44-2)16-13-36(52)45-14-12-34(43)51)19-30-38(37(24)28)26(20-42)21-50(30)40(54)29-23-49-22-27(10-11-35(49)47-29)46-39(53)33-18-25-7-3-4-9-31(25)56-33/h3-11,18-19,22-23,26,44H,12-17,20-21H2,1-2H3,(H2,43,51)(H,45,52)(H,46,53)/t26-/m1/s1. The number of anilines is 2. The molecule has 0 saturated carbocycles. The lowest BCUT2D eigenvalue weighted by atomic mass is 9.92. The number of amides is 5. The molecule has 1 aliphatic heterocycles. The number of pyridine rings is 1. The number of carbonyl (C=O) groups excluding carboxylic acids is 5. The third kappa shape index (κ3) is 8.25. The van der Waals surface area contributed by atoms with E-state index in [0.717, 1.165) is 21.9 Å². The highest BCUT2D eigenvalue weighted by molar-refractivity contribution is 6.19. The lowest BCUT2D eigenvalue weighted by molar-refractivity contribution is -0.121. The number of aryl methyl sites for hydroxylation is 1. The molecule has 1 atom stereocenters. The number of nitrogens with two attached hydrogens (primary N) is 1. The van der Waals surface area contributed by atoms with E-state index < -0.39 is 17.9 Å². The maximum atomic E-state index is 14.4. The van der Waals surface area contributed by atoms with Gasteiger partial charge in [-0.05, 0) is 54.8 Å². The zero-order chi connectivity index (χ0) is 40.2. The normalized spacial score (nSPS) is 13.5. The third-order valence-electron chi connectivity index (χ3n) is 9.85. The Kier molecular flexibility index (Phi) is 11.4. The van der Waals surface area contributed by atoms with Gasteiger partial charge in [0.05, 0.1) is 11.4 Å². The number of ether oxygens (including phenoxy) is 1. The Balaban J connectivity index is 1.15. The first-order valence-electron chi connectivity index (χ1n) is 18.4. The summed E-state index contributed by atoms with van der Waals surface area (Å²) in [7, 11) is 1.75. The van der Waals surface area contributed by atoms with E-state index in [4.69, 9.17) is 26.5 Å². The SMILES string of the molecule is CNCCN(CCC(=O)NCCC(N)=O)C(=O)Oc1cc2c(c3c(C)cccc13)[C@H](CCl)CN2C(=O)c1cn2cc(NC(=O)c3cc4ccccc4o3)ccc2n1. The van der Waals surface area contributed by atoms with Crippen LogP contribution in [0.2, 0.25) is 0 Å². The maximum absolute atomic E-state index is 14.4. The van der Waals surface area contributed by atoms with E-state index in [1.807, 2.05) is 43.3 Å². The molecule has 0 aliphatic carbocycles. The number of hydrogen-bond donors (Lipinski definition) is 4. The second-order valence-corrected chi connectivity index (χ2v) is 14.1. The van der Waals surface area contributed by atoms with E-state index in [1.165, 1.54) is 4.90 Å². The van der Waals surface area contributed by atoms with Crippen LogP contribution in [-0.4, -0.2) is 89.7 Å². The molecule has 7 rings (SSSR count). The highest BCUT2D eigenvalue weighted by Crippen LogP contribution is 2.47. The van der Waals surface area contributed by atoms with Crippen LogP contribution in [0.5, 0.6) is 5.75 Å². The minimum absolute atomic E-state index is 0.00902. The predicted octanol–water partition coefficient (Wildman–Crippen LogP) is 5.18. The van der Waals surface area contributed by atoms with Crippen molar-refractivity contribution in [3.8, 4) is 5.75 Å². The number of nitrogens with one attached hydrogen (secondary N) is 3. The summed E-state index contributed by atoms with van der Waals surface area (Å²) in [6, 6.07) is 19.8. The fraction of sp³-hybridized carbons (Fsp3) is 0.268. The molecule has 0 saturated heterocycles. The van der Waals surface area contributed by atoms with Crippen LogP contribution in [0.25, 0.3) is 27.4 Å². The van der Waals surface area contributed by atoms with Crippen LogP contribution in [0.1, 0.15) is 50.9 Å². The van der Waals surface area contributed by atoms with Gasteiger partial charge in [-0.15, -0.1) is 11.6 Å². The average Bonchev–Trinajstić information content (AvgIpc) is 3.93. The maximum Gasteiger partial charge on any atom is 0.415 e. The summed E-state index contributed by atoms with van der Waals surface area (Å²) in [6.07, 6.45) is 2.58. The minimum atomic E-state index is -0.675. The van der Waals surface area contributed by atoms with E-state index in [-0.39, 0.29) is 79.8 Å². The highest BCUT2D eigenvalue weighted by atomic mass is 35.5. The van der Waals surface area contributed by atoms with Gasteiger partial charge >= 0.3 is 6.09 Å². The number of primary amides is 1. The van der Waals surface area contributed by atoms with Crippen LogP contribution >= 0.6 is 11.6 Å². The number of aromatic nitrogens is 2. The molecule has 15 nitrogen and oxygen atoms in total. The van der Waals surface area contributed by atoms with Gasteiger partial charge in [-0.2, -0.15) is 0 Å². The van der Waals surface area contributed by atoms with E-state index in [1.54, 1.807) is 59.1 Å². The number of likely N-dealkylation sites (N-methyl/N-ethyl adjacent to an activating group) is 1. The van der Waals surface area contributed by atoms with Crippen molar-refractivity contribution < 1.29 is 33.1 Å². The molecule has 1 aliphatic rings. The molecule has 0 fully saturated rings. The van der Waals surface area contributed by atoms with Gasteiger partial charge in [0, 0.05) is 86.6 Å². The Bertz CT molecular complexity index is 2500. The van der Waals surface area contributed by atoms with Crippen molar-refractivity contribution in [1.82, 2.24) is 24.9 Å². The summed E-state index contributed by atoms with van der Waals surface area (Å²) in [5.41, 5.74) is 9.21. The van der Waals surface area contributed by atoms with Crippen molar-refractivity contribution >= 4 is 80.1 Å². The van der Waals surface area contributed by atoms with Gasteiger partial charge in [0.25, 0.3) is 11.8 Å². The summed E-state index contributed by atoms with van der Waals surface area (Å²) in [5, 5.41) is 10.8. The Morgan fingerprint density at radius 2 is 1.82 bits per heavy atom. The second-order valence-electron chi connectivity index (χ2n) is 13.8. The minimum Gasteiger partial charge on any atom is -0.451 e. The number of para-hydroxylation sites is 1. The fourth-order valence-electron chi connectivity index (χ4n) is 7.03. The molecule has 3 aromatic carbocycles. The lowest BCUT2D eigenvalue weighted by Crippen LogP contribution is -2.40. The number of alkyl halides is 1. The first kappa shape index (κ1) is 38.8. The zero-order valence-corrected chi connectivity index (χ0v) is 32.1. The first-order chi connectivity index (χ1) is 27.5. The molecule has 5 amide bonds. The average molecular weight is 793 g/mol. The van der Waals surface area contributed by atoms with E-state index in [9.17, 15) is 24.0 Å². The number of fused-ring (bicyclic) bond motifs is 5. The van der Waals surface area contributed by atoms with Gasteiger partial charge in [0.1, 0.15) is 22.7 Å². The summed E-state index contributed by atoms with van der Waals surface area (Å²) in [4.78, 5) is 72.3. The zero-order valence-electron chi connectivity index (χ0n) is 31.3. The molecule has 6 aromatic rings. The Labute approximate surface area is 332 Å². The highest BCUT2D eigenvalue weighted by Gasteiger charge is 2.37. The largest absolute Gasteiger partial charge is 0.451 e. The van der Waals surface area contributed by atoms with Gasteiger partial charge in [0.2, 0.25) is 11.8 Å². The molecule has 0 bridgehead atoms. The Hall–Kier alpha value is -6.45. The molecule has 294 valence electrons. The van der Waals surface area contributed by atoms with Crippen LogP contribution in [-0.2, 0) is 9.59 Å². The van der Waals surface area contributed by atoms with Crippen LogP contribution in [0, 0.1) is 6.92 Å². The molecular weight excluding hydrogens is 752 g/mol. The van der Waals surface area contributed by atoms with Crippen molar-refractivity contribution in [2.24, 2.45) is 5.73 Å². The number of benzene rings is 3. The monoisotopic (exact) mass is 792 g/mol. The quantitative estimate of drug-likeness (QED) is 0.108. The smallest absolute Gasteiger partial charge is 0.415 e. The molecule has 5 N–H and O–H groups in total. The van der Waals surface area contributed by atoms with Crippen LogP contribution < -0.4 is 31.3 Å². The summed E-state index contributed by atoms with van der Waals surface area (Å²) in [5.74, 6) is -1.26. The van der Waals surface area contributed by atoms with Crippen molar-refractivity contribution in [2.45, 2.75) is 25.7 Å². The van der Waals surface area contributed by atoms with E-state index >= 15 is 0 Å². The number of rotatable bonds is 14. The van der Waals surface area contributed by atoms with Crippen LogP contribution in [0.4, 0.5) is 16.2 Å². The van der Waals surface area contributed by atoms with Gasteiger partial charge in [-0.25, -0.2) is 9.78 Å². The van der Waals surface area contributed by atoms with Crippen molar-refractivity contribution in [3.63, 3.8) is 0 Å². The molecule has 0 radical (unpaired) electrons. The van der Waals surface area contributed by atoms with E-state index in [0.29, 0.717) is 34.5 Å². The molecule has 16 heteroatoms. The molecule has 0 unspecified atom stereocenters. The molecule has 4 heterocycles. The Morgan fingerprint density at radius 1 is 1.00 bits per heavy atom. The first-order valence-corrected chi connectivity index (χ1v) is 19.0. The third-order valence-corrected chi connectivity index (χ3v) is 10.2. The fourth-order valence-corrected chi connectivity index (χ4v) is 7.28. The summed E-state index contributed by atoms with van der Waals surface area (Å²) in [6.45, 7) is 3.08. The topological polar surface area (TPSA) is 194 Å². The number of halogens is 1. The van der Waals surface area contributed by atoms with Crippen molar-refractivity contribution in [3.05, 3.63) is 102 Å². The molecule has 3 aromatic heterocycles. The Morgan fingerprint density at radius 3 is 2.60 bits per heavy atom. The summed E-state index contributed by atoms with van der Waals surface area (Å²) >= 11 is 6.56. The molecule has 57 heavy (non-hydrogen) atoms. The number of furan rings is 1. The second kappa shape index (κ2) is 16.7. The van der Waals surface area contributed by atoms with E-state index in [2.05, 4.69) is 20.9 Å². The molecular formula is C41H41ClN8O7. The summed E-state index contributed by atoms with van der Waals surface area (Å²) < 4.78 is 13.5. The number of carbonyl (C=O) groups is 5. The van der Waals surface area contributed by atoms with Crippen molar-refractivity contribution in [2.75, 3.05) is 55.9 Å². The van der Waals surface area contributed by atoms with Gasteiger partial charge in [0.15, 0.2) is 5.76 Å². The lowest BCUT2D eigenvalue weighted by Gasteiger charge is -2.23. The predicted molar refractivity (Wildman–Crippen MR) is 216 cm³/mol. The van der Waals surface area contributed by atoms with Gasteiger partial charge < -0.3 is 45.0 Å². The van der Waals surface area contributed by atoms with Gasteiger partial charge in [-0.1, -0.05) is 36.4 Å². The van der Waals surface area contributed by atoms with Gasteiger partial charge in [-0.3, -0.25) is 19.2 Å². The van der Waals surface area contributed by atoms with Crippen molar-refractivity contribution in [1.29, 1.82) is 0 Å². The molecule has 0 spiro atoms. The number of nitrogens with zero attached hydrogens (tertiary/aromatic N) is 4. The number of imidazole rings is 1. The number of hydrogen-bond acceptors (Lipinski definition) is 9.